The maximum absolute atomic E-state index is 14.2. The van der Waals surface area contributed by atoms with E-state index in [1.165, 1.54) is 15.9 Å². The van der Waals surface area contributed by atoms with Crippen molar-refractivity contribution in [2.75, 3.05) is 19.6 Å². The van der Waals surface area contributed by atoms with Crippen LogP contribution < -0.4 is 21.3 Å². The molecule has 1 aromatic carbocycles. The number of nitrogens with one attached hydrogen (secondary N) is 4. The van der Waals surface area contributed by atoms with Gasteiger partial charge in [0.15, 0.2) is 0 Å². The molecule has 1 aromatic rings. The standard InChI is InChI=1S/C37H52N6O7/c1-6-8-17-26(28(44)31(46)38-21-7-2)39-30(45)27-18-14-22-42(27)34(49)29(36(3,4)5)40-35(50)41-37(19-12-9-13-20-37)23-43-32(47)24-15-10-11-16-25(24)33(43)48/h7,10-11,15-16,26-27,29H,2,6,8-9,12-14,17-23H2,1,3-5H3,(H,38,46)(H,39,45)(H2,40,41,50)/t26?,27-,29+/m0/s1. The predicted molar refractivity (Wildman–Crippen MR) is 187 cm³/mol. The quantitative estimate of drug-likeness (QED) is 0.132. The largest absolute Gasteiger partial charge is 0.346 e. The molecule has 2 fully saturated rings. The minimum Gasteiger partial charge on any atom is -0.346 e. The lowest BCUT2D eigenvalue weighted by Crippen LogP contribution is -2.64. The van der Waals surface area contributed by atoms with Crippen LogP contribution in [0, 0.1) is 5.41 Å². The molecule has 0 aromatic heterocycles. The molecule has 272 valence electrons. The number of likely N-dealkylation sites (tertiary alicyclic amines) is 1. The van der Waals surface area contributed by atoms with Crippen LogP contribution in [0.5, 0.6) is 0 Å². The third-order valence-electron chi connectivity index (χ3n) is 9.87. The van der Waals surface area contributed by atoms with Crippen molar-refractivity contribution in [3.63, 3.8) is 0 Å². The highest BCUT2D eigenvalue weighted by atomic mass is 16.2. The number of hydrogen-bond donors (Lipinski definition) is 4. The third-order valence-corrected chi connectivity index (χ3v) is 9.87. The van der Waals surface area contributed by atoms with Crippen molar-refractivity contribution in [1.29, 1.82) is 0 Å². The first-order chi connectivity index (χ1) is 23.7. The molecule has 13 heteroatoms. The summed E-state index contributed by atoms with van der Waals surface area (Å²) >= 11 is 0. The van der Waals surface area contributed by atoms with Gasteiger partial charge in [0.1, 0.15) is 12.1 Å². The van der Waals surface area contributed by atoms with Crippen LogP contribution in [0.15, 0.2) is 36.9 Å². The minimum atomic E-state index is -1.04. The molecule has 3 aliphatic rings. The number of imide groups is 1. The normalized spacial score (nSPS) is 19.6. The van der Waals surface area contributed by atoms with Gasteiger partial charge in [0.25, 0.3) is 17.7 Å². The number of nitrogens with zero attached hydrogens (tertiary/aromatic N) is 2. The molecule has 7 amide bonds. The first kappa shape index (κ1) is 38.3. The lowest BCUT2D eigenvalue weighted by molar-refractivity contribution is -0.143. The Labute approximate surface area is 294 Å². The predicted octanol–water partition coefficient (Wildman–Crippen LogP) is 3.24. The Morgan fingerprint density at radius 1 is 0.980 bits per heavy atom. The van der Waals surface area contributed by atoms with E-state index in [9.17, 15) is 33.6 Å². The molecular formula is C37H52N6O7. The van der Waals surface area contributed by atoms with Crippen molar-refractivity contribution in [2.45, 2.75) is 116 Å². The summed E-state index contributed by atoms with van der Waals surface area (Å²) in [5, 5.41) is 11.1. The molecule has 0 spiro atoms. The van der Waals surface area contributed by atoms with E-state index in [2.05, 4.69) is 27.8 Å². The molecule has 2 heterocycles. The Morgan fingerprint density at radius 3 is 2.20 bits per heavy atom. The lowest BCUT2D eigenvalue weighted by Gasteiger charge is -2.41. The summed E-state index contributed by atoms with van der Waals surface area (Å²) in [6, 6.07) is 3.11. The second-order valence-electron chi connectivity index (χ2n) is 14.7. The van der Waals surface area contributed by atoms with Crippen molar-refractivity contribution in [3.05, 3.63) is 48.0 Å². The van der Waals surface area contributed by atoms with E-state index in [0.717, 1.165) is 25.7 Å². The topological polar surface area (TPSA) is 174 Å². The van der Waals surface area contributed by atoms with Crippen LogP contribution in [-0.4, -0.2) is 94.4 Å². The fourth-order valence-electron chi connectivity index (χ4n) is 7.12. The number of rotatable bonds is 14. The zero-order chi connectivity index (χ0) is 36.6. The zero-order valence-electron chi connectivity index (χ0n) is 29.8. The molecule has 0 radical (unpaired) electrons. The first-order valence-electron chi connectivity index (χ1n) is 17.8. The van der Waals surface area contributed by atoms with Crippen LogP contribution in [0.1, 0.15) is 113 Å². The van der Waals surface area contributed by atoms with Crippen molar-refractivity contribution in [1.82, 2.24) is 31.1 Å². The summed E-state index contributed by atoms with van der Waals surface area (Å²) in [6.45, 7) is 11.3. The van der Waals surface area contributed by atoms with E-state index in [1.807, 2.05) is 27.7 Å². The highest BCUT2D eigenvalue weighted by Gasteiger charge is 2.46. The molecule has 50 heavy (non-hydrogen) atoms. The van der Waals surface area contributed by atoms with Gasteiger partial charge in [-0.15, -0.1) is 6.58 Å². The number of carbonyl (C=O) groups is 7. The second kappa shape index (κ2) is 16.4. The van der Waals surface area contributed by atoms with E-state index < -0.39 is 70.4 Å². The first-order valence-corrected chi connectivity index (χ1v) is 17.8. The van der Waals surface area contributed by atoms with Crippen molar-refractivity contribution < 1.29 is 33.6 Å². The lowest BCUT2D eigenvalue weighted by atomic mass is 9.81. The van der Waals surface area contributed by atoms with Gasteiger partial charge in [-0.2, -0.15) is 0 Å². The third kappa shape index (κ3) is 8.78. The van der Waals surface area contributed by atoms with Gasteiger partial charge in [0.05, 0.1) is 29.3 Å². The van der Waals surface area contributed by atoms with Crippen LogP contribution in [-0.2, 0) is 19.2 Å². The summed E-state index contributed by atoms with van der Waals surface area (Å²) in [7, 11) is 0. The molecule has 0 bridgehead atoms. The van der Waals surface area contributed by atoms with E-state index in [-0.39, 0.29) is 26.1 Å². The van der Waals surface area contributed by atoms with Gasteiger partial charge in [-0.3, -0.25) is 33.7 Å². The van der Waals surface area contributed by atoms with E-state index in [4.69, 9.17) is 0 Å². The molecule has 1 unspecified atom stereocenters. The minimum absolute atomic E-state index is 0.0127. The van der Waals surface area contributed by atoms with Gasteiger partial charge >= 0.3 is 6.03 Å². The number of unbranched alkanes of at least 4 members (excludes halogenated alkanes) is 1. The van der Waals surface area contributed by atoms with Gasteiger partial charge in [-0.05, 0) is 49.7 Å². The molecule has 2 aliphatic heterocycles. The Hall–Kier alpha value is -4.55. The summed E-state index contributed by atoms with van der Waals surface area (Å²) in [5.41, 5.74) is -0.960. The van der Waals surface area contributed by atoms with Crippen molar-refractivity contribution >= 4 is 41.4 Å². The van der Waals surface area contributed by atoms with Gasteiger partial charge in [0.2, 0.25) is 17.6 Å². The van der Waals surface area contributed by atoms with Gasteiger partial charge in [-0.25, -0.2) is 4.79 Å². The van der Waals surface area contributed by atoms with Gasteiger partial charge < -0.3 is 26.2 Å². The number of urea groups is 1. The average molecular weight is 693 g/mol. The summed E-state index contributed by atoms with van der Waals surface area (Å²) in [5.74, 6) is -3.32. The molecule has 1 saturated carbocycles. The maximum Gasteiger partial charge on any atom is 0.315 e. The smallest absolute Gasteiger partial charge is 0.315 e. The van der Waals surface area contributed by atoms with E-state index in [1.54, 1.807) is 24.3 Å². The number of benzene rings is 1. The summed E-state index contributed by atoms with van der Waals surface area (Å²) in [6.07, 6.45) is 7.67. The Balaban J connectivity index is 1.48. The van der Waals surface area contributed by atoms with Crippen LogP contribution in [0.4, 0.5) is 4.79 Å². The van der Waals surface area contributed by atoms with E-state index in [0.29, 0.717) is 43.2 Å². The van der Waals surface area contributed by atoms with Gasteiger partial charge in [0, 0.05) is 13.1 Å². The number of amides is 7. The van der Waals surface area contributed by atoms with Crippen LogP contribution in [0.2, 0.25) is 0 Å². The monoisotopic (exact) mass is 692 g/mol. The number of Topliss-reactive ketones (excluding diaryl/α,β-unsaturated/α-hetero) is 1. The Kier molecular flexibility index (Phi) is 12.6. The van der Waals surface area contributed by atoms with Crippen LogP contribution >= 0.6 is 0 Å². The fraction of sp³-hybridized carbons (Fsp3) is 0.595. The second-order valence-corrected chi connectivity index (χ2v) is 14.7. The molecule has 3 atom stereocenters. The van der Waals surface area contributed by atoms with E-state index >= 15 is 0 Å². The fourth-order valence-corrected chi connectivity index (χ4v) is 7.12. The van der Waals surface area contributed by atoms with Crippen molar-refractivity contribution in [2.24, 2.45) is 5.41 Å². The summed E-state index contributed by atoms with van der Waals surface area (Å²) in [4.78, 5) is 96.0. The van der Waals surface area contributed by atoms with Crippen LogP contribution in [0.3, 0.4) is 0 Å². The molecule has 13 nitrogen and oxygen atoms in total. The average Bonchev–Trinajstić information content (AvgIpc) is 3.67. The molecule has 1 saturated heterocycles. The summed E-state index contributed by atoms with van der Waals surface area (Å²) < 4.78 is 0. The Bertz CT molecular complexity index is 1460. The SMILES string of the molecule is C=CCNC(=O)C(=O)C(CCCC)NC(=O)[C@@H]1CCCN1C(=O)[C@@H](NC(=O)NC1(CN2C(=O)c3ccccc3C2=O)CCCCC1)C(C)(C)C. The number of hydrogen-bond acceptors (Lipinski definition) is 7. The number of carbonyl (C=O) groups excluding carboxylic acids is 7. The van der Waals surface area contributed by atoms with Crippen molar-refractivity contribution in [3.8, 4) is 0 Å². The molecular weight excluding hydrogens is 640 g/mol. The highest BCUT2D eigenvalue weighted by molar-refractivity contribution is 6.38. The molecule has 4 N–H and O–H groups in total. The zero-order valence-corrected chi connectivity index (χ0v) is 29.8. The Morgan fingerprint density at radius 2 is 1.62 bits per heavy atom. The number of ketones is 1. The molecule has 1 aliphatic carbocycles. The van der Waals surface area contributed by atoms with Crippen LogP contribution in [0.25, 0.3) is 0 Å². The highest BCUT2D eigenvalue weighted by Crippen LogP contribution is 2.33. The van der Waals surface area contributed by atoms with Gasteiger partial charge in [-0.1, -0.05) is 78.0 Å². The maximum atomic E-state index is 14.2. The molecule has 4 rings (SSSR count). The number of fused-ring (bicyclic) bond motifs is 1.